The molecule has 136 valence electrons. The summed E-state index contributed by atoms with van der Waals surface area (Å²) in [4.78, 5) is 34.1. The smallest absolute Gasteiger partial charge is 0.331 e. The highest BCUT2D eigenvalue weighted by molar-refractivity contribution is 5.96. The van der Waals surface area contributed by atoms with Gasteiger partial charge in [-0.1, -0.05) is 18.2 Å². The van der Waals surface area contributed by atoms with Gasteiger partial charge in [0.15, 0.2) is 6.10 Å². The summed E-state index contributed by atoms with van der Waals surface area (Å²) in [6.45, 7) is 1.41. The van der Waals surface area contributed by atoms with Gasteiger partial charge in [0.25, 0.3) is 11.6 Å². The van der Waals surface area contributed by atoms with Crippen LogP contribution < -0.4 is 5.32 Å². The first kappa shape index (κ1) is 19.3. The maximum atomic E-state index is 12.1. The number of nitrogens with one attached hydrogen (secondary N) is 1. The van der Waals surface area contributed by atoms with Crippen molar-refractivity contribution in [1.82, 2.24) is 0 Å². The minimum absolute atomic E-state index is 0.0992. The van der Waals surface area contributed by atoms with Crippen LogP contribution >= 0.6 is 0 Å². The molecule has 0 spiro atoms. The summed E-state index contributed by atoms with van der Waals surface area (Å²) in [6, 6.07) is 14.0. The largest absolute Gasteiger partial charge is 0.449 e. The normalized spacial score (nSPS) is 11.4. The van der Waals surface area contributed by atoms with Crippen LogP contribution in [0.4, 0.5) is 11.4 Å². The fourth-order valence-electron chi connectivity index (χ4n) is 2.08. The number of hydrogen-bond donors (Lipinski definition) is 1. The summed E-state index contributed by atoms with van der Waals surface area (Å²) >= 11 is 0. The van der Waals surface area contributed by atoms with E-state index in [1.807, 2.05) is 6.07 Å². The first-order chi connectivity index (χ1) is 12.9. The molecular formula is C19H15N3O5. The molecule has 1 atom stereocenters. The van der Waals surface area contributed by atoms with Gasteiger partial charge >= 0.3 is 5.97 Å². The standard InChI is InChI=1S/C19H15N3O5/c1-13(19(24)21-16-6-2-5-15(10-16)12-20)27-18(23)9-8-14-4-3-7-17(11-14)22(25)26/h2-11,13H,1H3,(H,21,24)/b9-8+/t13-/m0/s1. The second kappa shape index (κ2) is 8.92. The first-order valence-corrected chi connectivity index (χ1v) is 7.83. The molecule has 0 aliphatic rings. The summed E-state index contributed by atoms with van der Waals surface area (Å²) in [6.07, 6.45) is 1.37. The van der Waals surface area contributed by atoms with Gasteiger partial charge in [0.05, 0.1) is 16.6 Å². The summed E-state index contributed by atoms with van der Waals surface area (Å²) in [5.74, 6) is -1.32. The van der Waals surface area contributed by atoms with E-state index in [9.17, 15) is 19.7 Å². The third-order valence-electron chi connectivity index (χ3n) is 3.41. The molecule has 2 aromatic carbocycles. The second-order valence-corrected chi connectivity index (χ2v) is 5.45. The van der Waals surface area contributed by atoms with Gasteiger partial charge in [-0.25, -0.2) is 4.79 Å². The molecule has 0 radical (unpaired) electrons. The summed E-state index contributed by atoms with van der Waals surface area (Å²) < 4.78 is 5.00. The highest BCUT2D eigenvalue weighted by Crippen LogP contribution is 2.14. The van der Waals surface area contributed by atoms with Crippen molar-refractivity contribution >= 4 is 29.3 Å². The van der Waals surface area contributed by atoms with Gasteiger partial charge in [0.2, 0.25) is 0 Å². The topological polar surface area (TPSA) is 122 Å². The van der Waals surface area contributed by atoms with Gasteiger partial charge in [-0.15, -0.1) is 0 Å². The van der Waals surface area contributed by atoms with Gasteiger partial charge in [-0.05, 0) is 36.8 Å². The molecule has 0 heterocycles. The lowest BCUT2D eigenvalue weighted by molar-refractivity contribution is -0.384. The van der Waals surface area contributed by atoms with Crippen molar-refractivity contribution in [3.05, 3.63) is 75.8 Å². The van der Waals surface area contributed by atoms with Crippen molar-refractivity contribution in [1.29, 1.82) is 5.26 Å². The number of nitriles is 1. The average Bonchev–Trinajstić information content (AvgIpc) is 2.66. The molecule has 27 heavy (non-hydrogen) atoms. The Morgan fingerprint density at radius 3 is 2.70 bits per heavy atom. The molecule has 1 amide bonds. The fraction of sp³-hybridized carbons (Fsp3) is 0.105. The van der Waals surface area contributed by atoms with E-state index in [0.717, 1.165) is 6.08 Å². The van der Waals surface area contributed by atoms with E-state index < -0.39 is 22.9 Å². The number of esters is 1. The van der Waals surface area contributed by atoms with Crippen molar-refractivity contribution in [2.45, 2.75) is 13.0 Å². The van der Waals surface area contributed by atoms with Crippen LogP contribution in [0.3, 0.4) is 0 Å². The molecule has 0 aliphatic heterocycles. The Morgan fingerprint density at radius 1 is 1.26 bits per heavy atom. The molecule has 0 bridgehead atoms. The molecule has 1 N–H and O–H groups in total. The van der Waals surface area contributed by atoms with Crippen molar-refractivity contribution in [3.8, 4) is 6.07 Å². The maximum absolute atomic E-state index is 12.1. The molecule has 8 nitrogen and oxygen atoms in total. The number of hydrogen-bond acceptors (Lipinski definition) is 6. The summed E-state index contributed by atoms with van der Waals surface area (Å²) in [7, 11) is 0. The van der Waals surface area contributed by atoms with Crippen LogP contribution in [0.15, 0.2) is 54.6 Å². The molecule has 0 saturated carbocycles. The number of non-ortho nitro benzene ring substituents is 1. The molecule has 0 fully saturated rings. The molecule has 0 aliphatic carbocycles. The molecule has 8 heteroatoms. The van der Waals surface area contributed by atoms with Gasteiger partial charge < -0.3 is 10.1 Å². The molecule has 2 rings (SSSR count). The van der Waals surface area contributed by atoms with E-state index in [1.165, 1.54) is 37.3 Å². The maximum Gasteiger partial charge on any atom is 0.331 e. The van der Waals surface area contributed by atoms with Crippen molar-refractivity contribution in [2.75, 3.05) is 5.32 Å². The quantitative estimate of drug-likeness (QED) is 0.363. The van der Waals surface area contributed by atoms with Gasteiger partial charge in [-0.3, -0.25) is 14.9 Å². The minimum Gasteiger partial charge on any atom is -0.449 e. The Balaban J connectivity index is 1.94. The Bertz CT molecular complexity index is 946. The highest BCUT2D eigenvalue weighted by Gasteiger charge is 2.17. The Morgan fingerprint density at radius 2 is 2.00 bits per heavy atom. The zero-order chi connectivity index (χ0) is 19.8. The highest BCUT2D eigenvalue weighted by atomic mass is 16.6. The van der Waals surface area contributed by atoms with Crippen LogP contribution in [-0.4, -0.2) is 22.9 Å². The van der Waals surface area contributed by atoms with Gasteiger partial charge in [0.1, 0.15) is 0 Å². The molecule has 0 unspecified atom stereocenters. The van der Waals surface area contributed by atoms with Crippen LogP contribution in [-0.2, 0) is 14.3 Å². The number of carbonyl (C=O) groups is 2. The third kappa shape index (κ3) is 5.79. The lowest BCUT2D eigenvalue weighted by Crippen LogP contribution is -2.29. The van der Waals surface area contributed by atoms with E-state index in [0.29, 0.717) is 16.8 Å². The van der Waals surface area contributed by atoms with E-state index in [1.54, 1.807) is 24.3 Å². The number of benzene rings is 2. The lowest BCUT2D eigenvalue weighted by atomic mass is 10.2. The number of nitrogens with zero attached hydrogens (tertiary/aromatic N) is 2. The number of anilines is 1. The Hall–Kier alpha value is -3.99. The summed E-state index contributed by atoms with van der Waals surface area (Å²) in [5.41, 5.74) is 1.15. The van der Waals surface area contributed by atoms with Crippen LogP contribution in [0.2, 0.25) is 0 Å². The van der Waals surface area contributed by atoms with E-state index in [2.05, 4.69) is 5.32 Å². The fourth-order valence-corrected chi connectivity index (χ4v) is 2.08. The SMILES string of the molecule is C[C@H](OC(=O)/C=C/c1cccc([N+](=O)[O-])c1)C(=O)Nc1cccc(C#N)c1. The third-order valence-corrected chi connectivity index (χ3v) is 3.41. The number of rotatable bonds is 6. The predicted molar refractivity (Wildman–Crippen MR) is 97.5 cm³/mol. The van der Waals surface area contributed by atoms with Crippen molar-refractivity contribution < 1.29 is 19.2 Å². The van der Waals surface area contributed by atoms with E-state index in [-0.39, 0.29) is 5.69 Å². The first-order valence-electron chi connectivity index (χ1n) is 7.83. The predicted octanol–water partition coefficient (Wildman–Crippen LogP) is 3.05. The molecular weight excluding hydrogens is 350 g/mol. The zero-order valence-corrected chi connectivity index (χ0v) is 14.3. The van der Waals surface area contributed by atoms with E-state index >= 15 is 0 Å². The van der Waals surface area contributed by atoms with Crippen LogP contribution in [0.1, 0.15) is 18.1 Å². The van der Waals surface area contributed by atoms with Gasteiger partial charge in [-0.2, -0.15) is 5.26 Å². The van der Waals surface area contributed by atoms with Crippen molar-refractivity contribution in [2.24, 2.45) is 0 Å². The number of amides is 1. The number of ether oxygens (including phenoxy) is 1. The molecule has 2 aromatic rings. The van der Waals surface area contributed by atoms with Crippen molar-refractivity contribution in [3.63, 3.8) is 0 Å². The Labute approximate surface area is 154 Å². The zero-order valence-electron chi connectivity index (χ0n) is 14.3. The lowest BCUT2D eigenvalue weighted by Gasteiger charge is -2.12. The van der Waals surface area contributed by atoms with E-state index in [4.69, 9.17) is 10.00 Å². The monoisotopic (exact) mass is 365 g/mol. The number of nitro benzene ring substituents is 1. The van der Waals surface area contributed by atoms with Crippen LogP contribution in [0.5, 0.6) is 0 Å². The van der Waals surface area contributed by atoms with Gasteiger partial charge in [0, 0.05) is 23.9 Å². The minimum atomic E-state index is -1.07. The number of nitro groups is 1. The molecule has 0 aromatic heterocycles. The second-order valence-electron chi connectivity index (χ2n) is 5.45. The molecule has 0 saturated heterocycles. The Kier molecular flexibility index (Phi) is 6.39. The average molecular weight is 365 g/mol. The van der Waals surface area contributed by atoms with Crippen LogP contribution in [0, 0.1) is 21.4 Å². The van der Waals surface area contributed by atoms with Crippen LogP contribution in [0.25, 0.3) is 6.08 Å². The number of carbonyl (C=O) groups excluding carboxylic acids is 2. The summed E-state index contributed by atoms with van der Waals surface area (Å²) in [5, 5.41) is 22.1.